The Hall–Kier alpha value is -2.24. The molecule has 0 saturated heterocycles. The van der Waals surface area contributed by atoms with Crippen LogP contribution >= 0.6 is 11.6 Å². The molecule has 0 aliphatic heterocycles. The van der Waals surface area contributed by atoms with E-state index in [0.29, 0.717) is 6.42 Å². The van der Waals surface area contributed by atoms with Crippen LogP contribution in [-0.4, -0.2) is 10.8 Å². The van der Waals surface area contributed by atoms with E-state index < -0.39 is 4.87 Å². The molecular weight excluding hydrogens is 330 g/mol. The van der Waals surface area contributed by atoms with Gasteiger partial charge in [-0.05, 0) is 69.4 Å². The molecule has 1 atom stereocenters. The highest BCUT2D eigenvalue weighted by molar-refractivity contribution is 6.36. The fourth-order valence-electron chi connectivity index (χ4n) is 2.33. The number of alkyl halides is 1. The molecule has 0 spiro atoms. The Kier molecular flexibility index (Phi) is 7.74. The Morgan fingerprint density at radius 1 is 1.04 bits per heavy atom. The van der Waals surface area contributed by atoms with E-state index in [1.165, 1.54) is 16.7 Å². The lowest BCUT2D eigenvalue weighted by molar-refractivity contribution is -0.118. The van der Waals surface area contributed by atoms with Crippen LogP contribution in [0.1, 0.15) is 35.6 Å². The van der Waals surface area contributed by atoms with Crippen LogP contribution < -0.4 is 5.32 Å². The largest absolute Gasteiger partial charge is 0.325 e. The van der Waals surface area contributed by atoms with Crippen molar-refractivity contribution in [2.45, 2.75) is 45.4 Å². The quantitative estimate of drug-likeness (QED) is 0.562. The minimum atomic E-state index is -0.927. The van der Waals surface area contributed by atoms with Gasteiger partial charge in [0, 0.05) is 5.69 Å². The first kappa shape index (κ1) is 20.8. The van der Waals surface area contributed by atoms with Crippen LogP contribution in [0.2, 0.25) is 0 Å². The Morgan fingerprint density at radius 3 is 2.20 bits per heavy atom. The fourth-order valence-corrected chi connectivity index (χ4v) is 2.47. The summed E-state index contributed by atoms with van der Waals surface area (Å²) in [4.78, 5) is 11.5. The molecule has 2 aromatic carbocycles. The summed E-state index contributed by atoms with van der Waals surface area (Å²) in [6.45, 7) is 7.92. The van der Waals surface area contributed by atoms with Gasteiger partial charge in [0.05, 0.1) is 0 Å². The summed E-state index contributed by atoms with van der Waals surface area (Å²) in [5.41, 5.74) is 5.58. The van der Waals surface area contributed by atoms with Crippen molar-refractivity contribution < 1.29 is 4.79 Å². The second kappa shape index (κ2) is 9.30. The van der Waals surface area contributed by atoms with E-state index in [1.54, 1.807) is 6.92 Å². The van der Waals surface area contributed by atoms with Gasteiger partial charge >= 0.3 is 0 Å². The Balaban J connectivity index is 0.00000151. The topological polar surface area (TPSA) is 29.1 Å². The summed E-state index contributed by atoms with van der Waals surface area (Å²) in [5, 5.41) is 2.92. The normalized spacial score (nSPS) is 12.4. The number of rotatable bonds is 5. The number of anilines is 1. The molecule has 1 N–H and O–H groups in total. The molecule has 0 radical (unpaired) electrons. The van der Waals surface area contributed by atoms with Gasteiger partial charge in [-0.3, -0.25) is 4.79 Å². The van der Waals surface area contributed by atoms with Gasteiger partial charge in [-0.15, -0.1) is 24.4 Å². The maximum absolute atomic E-state index is 12.5. The van der Waals surface area contributed by atoms with Crippen molar-refractivity contribution in [3.8, 4) is 12.8 Å². The number of hydrogen-bond donors (Lipinski definition) is 1. The van der Waals surface area contributed by atoms with Crippen LogP contribution in [0.3, 0.4) is 0 Å². The summed E-state index contributed by atoms with van der Waals surface area (Å²) in [7, 11) is 0. The second-order valence-electron chi connectivity index (χ2n) is 6.44. The number of carbonyl (C=O) groups excluding carboxylic acids is 1. The third kappa shape index (κ3) is 6.29. The smallest absolute Gasteiger partial charge is 0.245 e. The van der Waals surface area contributed by atoms with Crippen LogP contribution in [0, 0.1) is 33.6 Å². The molecule has 0 aliphatic rings. The highest BCUT2D eigenvalue weighted by Gasteiger charge is 2.30. The minimum Gasteiger partial charge on any atom is -0.325 e. The predicted octanol–water partition coefficient (Wildman–Crippen LogP) is 5.43. The molecule has 2 nitrogen and oxygen atoms in total. The minimum absolute atomic E-state index is 0.158. The lowest BCUT2D eigenvalue weighted by Crippen LogP contribution is -2.35. The number of carbonyl (C=O) groups is 1. The molecule has 0 heterocycles. The number of aryl methyl sites for hydroxylation is 4. The maximum atomic E-state index is 12.5. The van der Waals surface area contributed by atoms with Gasteiger partial charge in [0.2, 0.25) is 5.91 Å². The molecule has 0 saturated carbocycles. The van der Waals surface area contributed by atoms with E-state index in [1.807, 2.05) is 32.0 Å². The monoisotopic (exact) mass is 355 g/mol. The average Bonchev–Trinajstić information content (AvgIpc) is 2.59. The molecular formula is C22H26ClNO. The zero-order chi connectivity index (χ0) is 19.0. The van der Waals surface area contributed by atoms with E-state index >= 15 is 0 Å². The van der Waals surface area contributed by atoms with Crippen molar-refractivity contribution in [1.29, 1.82) is 0 Å². The van der Waals surface area contributed by atoms with E-state index in [4.69, 9.17) is 11.6 Å². The number of nitrogens with one attached hydrogen (secondary N) is 1. The molecule has 3 heteroatoms. The Bertz CT molecular complexity index is 729. The first-order valence-electron chi connectivity index (χ1n) is 8.24. The Morgan fingerprint density at radius 2 is 1.64 bits per heavy atom. The molecule has 1 amide bonds. The van der Waals surface area contributed by atoms with Crippen LogP contribution in [0.4, 0.5) is 5.69 Å². The average molecular weight is 356 g/mol. The van der Waals surface area contributed by atoms with Crippen LogP contribution in [0.25, 0.3) is 0 Å². The summed E-state index contributed by atoms with van der Waals surface area (Å²) < 4.78 is 0. The predicted molar refractivity (Wildman–Crippen MR) is 108 cm³/mol. The van der Waals surface area contributed by atoms with Gasteiger partial charge in [0.15, 0.2) is 0 Å². The van der Waals surface area contributed by atoms with Gasteiger partial charge in [-0.2, -0.15) is 0 Å². The molecule has 0 bridgehead atoms. The van der Waals surface area contributed by atoms with Gasteiger partial charge in [-0.25, -0.2) is 0 Å². The molecule has 0 fully saturated rings. The van der Waals surface area contributed by atoms with Gasteiger partial charge in [0.1, 0.15) is 4.87 Å². The third-order valence-electron chi connectivity index (χ3n) is 4.24. The fraction of sp³-hybridized carbons (Fsp3) is 0.318. The van der Waals surface area contributed by atoms with Crippen LogP contribution in [0.5, 0.6) is 0 Å². The highest BCUT2D eigenvalue weighted by atomic mass is 35.5. The maximum Gasteiger partial charge on any atom is 0.245 e. The standard InChI is InChI=1S/C20H24ClNO.C2H2/c1-14-5-8-17(9-6-14)11-12-20(4,21)19(23)22-18-10-7-15(2)16(3)13-18;1-2/h5-10,13H,11-12H2,1-4H3,(H,22,23);1-2H/t20-;/m0./s1. The summed E-state index contributed by atoms with van der Waals surface area (Å²) >= 11 is 6.48. The molecule has 0 aromatic heterocycles. The van der Waals surface area contributed by atoms with Gasteiger partial charge in [-0.1, -0.05) is 35.9 Å². The number of hydrogen-bond acceptors (Lipinski definition) is 1. The van der Waals surface area contributed by atoms with Crippen LogP contribution in [-0.2, 0) is 11.2 Å². The van der Waals surface area contributed by atoms with Crippen molar-refractivity contribution >= 4 is 23.2 Å². The number of amides is 1. The van der Waals surface area contributed by atoms with Crippen molar-refractivity contribution in [2.75, 3.05) is 5.32 Å². The number of halogens is 1. The van der Waals surface area contributed by atoms with Gasteiger partial charge in [0.25, 0.3) is 0 Å². The summed E-state index contributed by atoms with van der Waals surface area (Å²) in [6, 6.07) is 14.2. The molecule has 25 heavy (non-hydrogen) atoms. The SMILES string of the molecule is C#C.Cc1ccc(CC[C@](C)(Cl)C(=O)Nc2ccc(C)c(C)c2)cc1. The Labute approximate surface area is 156 Å². The molecule has 2 aromatic rings. The van der Waals surface area contributed by atoms with Crippen molar-refractivity contribution in [3.63, 3.8) is 0 Å². The second-order valence-corrected chi connectivity index (χ2v) is 7.27. The molecule has 0 unspecified atom stereocenters. The molecule has 0 aliphatic carbocycles. The lowest BCUT2D eigenvalue weighted by atomic mass is 9.98. The summed E-state index contributed by atoms with van der Waals surface area (Å²) in [5.74, 6) is -0.158. The van der Waals surface area contributed by atoms with Crippen LogP contribution in [0.15, 0.2) is 42.5 Å². The van der Waals surface area contributed by atoms with E-state index in [0.717, 1.165) is 17.7 Å². The summed E-state index contributed by atoms with van der Waals surface area (Å²) in [6.07, 6.45) is 9.37. The molecule has 132 valence electrons. The third-order valence-corrected chi connectivity index (χ3v) is 4.60. The zero-order valence-electron chi connectivity index (χ0n) is 15.4. The molecule has 2 rings (SSSR count). The number of benzene rings is 2. The van der Waals surface area contributed by atoms with Crippen molar-refractivity contribution in [2.24, 2.45) is 0 Å². The van der Waals surface area contributed by atoms with E-state index in [9.17, 15) is 4.79 Å². The first-order chi connectivity index (χ1) is 11.8. The van der Waals surface area contributed by atoms with E-state index in [-0.39, 0.29) is 5.91 Å². The van der Waals surface area contributed by atoms with Crippen molar-refractivity contribution in [3.05, 3.63) is 64.7 Å². The lowest BCUT2D eigenvalue weighted by Gasteiger charge is -2.21. The van der Waals surface area contributed by atoms with Gasteiger partial charge < -0.3 is 5.32 Å². The van der Waals surface area contributed by atoms with E-state index in [2.05, 4.69) is 49.4 Å². The zero-order valence-corrected chi connectivity index (χ0v) is 16.2. The first-order valence-corrected chi connectivity index (χ1v) is 8.62. The highest BCUT2D eigenvalue weighted by Crippen LogP contribution is 2.25. The number of terminal acetylenes is 1. The van der Waals surface area contributed by atoms with Crippen molar-refractivity contribution in [1.82, 2.24) is 0 Å².